The number of ether oxygens (including phenoxy) is 1. The molecule has 0 fully saturated rings. The van der Waals surface area contributed by atoms with E-state index in [1.807, 2.05) is 12.1 Å². The van der Waals surface area contributed by atoms with Gasteiger partial charge in [0.15, 0.2) is 5.69 Å². The maximum Gasteiger partial charge on any atom is 0.219 e. The molecule has 4 aromatic rings. The molecule has 0 aliphatic carbocycles. The van der Waals surface area contributed by atoms with Crippen LogP contribution in [0.5, 0.6) is 5.75 Å². The van der Waals surface area contributed by atoms with Gasteiger partial charge in [0, 0.05) is 36.1 Å². The van der Waals surface area contributed by atoms with E-state index in [0.717, 1.165) is 11.4 Å². The number of aryl methyl sites for hydroxylation is 1. The molecule has 2 heteroatoms. The molecule has 0 spiro atoms. The molecule has 0 aliphatic rings. The van der Waals surface area contributed by atoms with Crippen molar-refractivity contribution < 1.29 is 9.30 Å². The maximum atomic E-state index is 5.31. The van der Waals surface area contributed by atoms with Gasteiger partial charge in [0.1, 0.15) is 5.75 Å². The predicted octanol–water partition coefficient (Wildman–Crippen LogP) is 5.10. The SMILES string of the molecule is COc1ccc(-[n+]2c(-c3ccccc3)cc3ccccc3c2C)cc1. The smallest absolute Gasteiger partial charge is 0.219 e. The van der Waals surface area contributed by atoms with E-state index in [2.05, 4.69) is 84.3 Å². The zero-order valence-electron chi connectivity index (χ0n) is 14.4. The van der Waals surface area contributed by atoms with Crippen molar-refractivity contribution in [2.75, 3.05) is 7.11 Å². The number of nitrogens with zero attached hydrogens (tertiary/aromatic N) is 1. The monoisotopic (exact) mass is 326 g/mol. The molecule has 1 aromatic heterocycles. The molecule has 0 aliphatic heterocycles. The van der Waals surface area contributed by atoms with E-state index in [9.17, 15) is 0 Å². The lowest BCUT2D eigenvalue weighted by Gasteiger charge is -2.10. The fourth-order valence-electron chi connectivity index (χ4n) is 3.35. The first-order chi connectivity index (χ1) is 12.3. The molecule has 0 unspecified atom stereocenters. The lowest BCUT2D eigenvalue weighted by molar-refractivity contribution is -0.589. The molecule has 2 nitrogen and oxygen atoms in total. The van der Waals surface area contributed by atoms with Gasteiger partial charge >= 0.3 is 0 Å². The first-order valence-electron chi connectivity index (χ1n) is 8.42. The highest BCUT2D eigenvalue weighted by molar-refractivity contribution is 5.86. The fraction of sp³-hybridized carbons (Fsp3) is 0.0870. The number of aromatic nitrogens is 1. The fourth-order valence-corrected chi connectivity index (χ4v) is 3.35. The van der Waals surface area contributed by atoms with Gasteiger partial charge in [0.2, 0.25) is 11.4 Å². The molecule has 0 amide bonds. The molecule has 3 aromatic carbocycles. The molecule has 0 N–H and O–H groups in total. The van der Waals surface area contributed by atoms with Crippen LogP contribution in [0, 0.1) is 6.92 Å². The average Bonchev–Trinajstić information content (AvgIpc) is 2.69. The van der Waals surface area contributed by atoms with Crippen LogP contribution in [0.15, 0.2) is 84.9 Å². The van der Waals surface area contributed by atoms with E-state index in [-0.39, 0.29) is 0 Å². The second kappa shape index (κ2) is 6.40. The maximum absolute atomic E-state index is 5.31. The Labute approximate surface area is 148 Å². The summed E-state index contributed by atoms with van der Waals surface area (Å²) in [5, 5.41) is 2.52. The van der Waals surface area contributed by atoms with Crippen LogP contribution in [0.3, 0.4) is 0 Å². The third-order valence-electron chi connectivity index (χ3n) is 4.62. The number of rotatable bonds is 3. The first kappa shape index (κ1) is 15.4. The molecule has 0 radical (unpaired) electrons. The van der Waals surface area contributed by atoms with E-state index in [4.69, 9.17) is 4.74 Å². The van der Waals surface area contributed by atoms with E-state index >= 15 is 0 Å². The quantitative estimate of drug-likeness (QED) is 0.477. The van der Waals surface area contributed by atoms with Crippen LogP contribution in [-0.4, -0.2) is 7.11 Å². The first-order valence-corrected chi connectivity index (χ1v) is 8.42. The second-order valence-corrected chi connectivity index (χ2v) is 6.10. The normalized spacial score (nSPS) is 10.8. The van der Waals surface area contributed by atoms with Crippen LogP contribution in [-0.2, 0) is 0 Å². The Balaban J connectivity index is 2.04. The van der Waals surface area contributed by atoms with Gasteiger partial charge in [-0.1, -0.05) is 36.4 Å². The Morgan fingerprint density at radius 1 is 0.760 bits per heavy atom. The molecular weight excluding hydrogens is 306 g/mol. The highest BCUT2D eigenvalue weighted by Crippen LogP contribution is 2.25. The predicted molar refractivity (Wildman–Crippen MR) is 102 cm³/mol. The Hall–Kier alpha value is -3.13. The zero-order valence-corrected chi connectivity index (χ0v) is 14.4. The largest absolute Gasteiger partial charge is 0.497 e. The number of benzene rings is 3. The number of fused-ring (bicyclic) bond motifs is 1. The Kier molecular flexibility index (Phi) is 3.95. The van der Waals surface area contributed by atoms with E-state index in [0.29, 0.717) is 0 Å². The van der Waals surface area contributed by atoms with Crippen LogP contribution >= 0.6 is 0 Å². The number of hydrogen-bond donors (Lipinski definition) is 0. The van der Waals surface area contributed by atoms with E-state index < -0.39 is 0 Å². The third kappa shape index (κ3) is 2.76. The standard InChI is InChI=1S/C23H20NO/c1-17-22-11-7-6-10-19(22)16-23(18-8-4-3-5-9-18)24(17)20-12-14-21(25-2)15-13-20/h3-16H,1-2H3/q+1. The van der Waals surface area contributed by atoms with Gasteiger partial charge in [-0.05, 0) is 35.7 Å². The average molecular weight is 326 g/mol. The van der Waals surface area contributed by atoms with Crippen molar-refractivity contribution in [1.29, 1.82) is 0 Å². The lowest BCUT2D eigenvalue weighted by atomic mass is 10.0. The molecule has 122 valence electrons. The zero-order chi connectivity index (χ0) is 17.2. The minimum atomic E-state index is 0.865. The molecule has 0 saturated carbocycles. The Bertz CT molecular complexity index is 1020. The highest BCUT2D eigenvalue weighted by Gasteiger charge is 2.21. The molecule has 1 heterocycles. The van der Waals surface area contributed by atoms with Crippen molar-refractivity contribution in [3.8, 4) is 22.7 Å². The van der Waals surface area contributed by atoms with Gasteiger partial charge in [-0.15, -0.1) is 0 Å². The molecule has 25 heavy (non-hydrogen) atoms. The number of pyridine rings is 1. The summed E-state index contributed by atoms with van der Waals surface area (Å²) < 4.78 is 7.63. The van der Waals surface area contributed by atoms with Crippen LogP contribution in [0.2, 0.25) is 0 Å². The van der Waals surface area contributed by atoms with Gasteiger partial charge in [-0.3, -0.25) is 0 Å². The van der Waals surface area contributed by atoms with Crippen molar-refractivity contribution in [2.24, 2.45) is 0 Å². The summed E-state index contributed by atoms with van der Waals surface area (Å²) in [7, 11) is 1.69. The van der Waals surface area contributed by atoms with E-state index in [1.54, 1.807) is 7.11 Å². The van der Waals surface area contributed by atoms with Gasteiger partial charge in [0.25, 0.3) is 0 Å². The summed E-state index contributed by atoms with van der Waals surface area (Å²) in [4.78, 5) is 0. The van der Waals surface area contributed by atoms with Crippen LogP contribution in [0.4, 0.5) is 0 Å². The lowest BCUT2D eigenvalue weighted by Crippen LogP contribution is -2.37. The van der Waals surface area contributed by atoms with Crippen LogP contribution in [0.1, 0.15) is 5.69 Å². The molecule has 0 bridgehead atoms. The minimum Gasteiger partial charge on any atom is -0.497 e. The highest BCUT2D eigenvalue weighted by atomic mass is 16.5. The van der Waals surface area contributed by atoms with Gasteiger partial charge in [-0.25, -0.2) is 0 Å². The van der Waals surface area contributed by atoms with Gasteiger partial charge in [0.05, 0.1) is 7.11 Å². The summed E-state index contributed by atoms with van der Waals surface area (Å²) in [5.74, 6) is 0.865. The van der Waals surface area contributed by atoms with Gasteiger partial charge < -0.3 is 4.74 Å². The molecule has 0 atom stereocenters. The molecule has 0 saturated heterocycles. The number of hydrogen-bond acceptors (Lipinski definition) is 1. The van der Waals surface area contributed by atoms with Crippen molar-refractivity contribution >= 4 is 10.8 Å². The summed E-state index contributed by atoms with van der Waals surface area (Å²) in [6.07, 6.45) is 0. The van der Waals surface area contributed by atoms with Gasteiger partial charge in [-0.2, -0.15) is 4.57 Å². The molecular formula is C23H20NO+. The van der Waals surface area contributed by atoms with Crippen LogP contribution in [0.25, 0.3) is 27.7 Å². The minimum absolute atomic E-state index is 0.865. The molecule has 4 rings (SSSR count). The third-order valence-corrected chi connectivity index (χ3v) is 4.62. The Morgan fingerprint density at radius 2 is 1.44 bits per heavy atom. The summed E-state index contributed by atoms with van der Waals surface area (Å²) in [5.41, 5.74) is 4.74. The number of methoxy groups -OCH3 is 1. The van der Waals surface area contributed by atoms with Crippen molar-refractivity contribution in [1.82, 2.24) is 0 Å². The summed E-state index contributed by atoms with van der Waals surface area (Å²) in [6, 6.07) is 29.6. The summed E-state index contributed by atoms with van der Waals surface area (Å²) >= 11 is 0. The second-order valence-electron chi connectivity index (χ2n) is 6.10. The van der Waals surface area contributed by atoms with Crippen molar-refractivity contribution in [3.63, 3.8) is 0 Å². The van der Waals surface area contributed by atoms with E-state index in [1.165, 1.54) is 27.7 Å². The van der Waals surface area contributed by atoms with Crippen molar-refractivity contribution in [2.45, 2.75) is 6.92 Å². The topological polar surface area (TPSA) is 13.1 Å². The Morgan fingerprint density at radius 3 is 2.16 bits per heavy atom. The summed E-state index contributed by atoms with van der Waals surface area (Å²) in [6.45, 7) is 2.18. The van der Waals surface area contributed by atoms with Crippen LogP contribution < -0.4 is 9.30 Å². The van der Waals surface area contributed by atoms with Crippen molar-refractivity contribution in [3.05, 3.63) is 90.6 Å².